The predicted molar refractivity (Wildman–Crippen MR) is 76.5 cm³/mol. The molecule has 1 saturated carbocycles. The number of rotatable bonds is 7. The van der Waals surface area contributed by atoms with Gasteiger partial charge in [-0.25, -0.2) is 0 Å². The lowest BCUT2D eigenvalue weighted by Crippen LogP contribution is -2.49. The van der Waals surface area contributed by atoms with Crippen LogP contribution in [-0.2, 0) is 15.0 Å². The van der Waals surface area contributed by atoms with Gasteiger partial charge in [0.2, 0.25) is 0 Å². The Morgan fingerprint density at radius 2 is 2.05 bits per heavy atom. The summed E-state index contributed by atoms with van der Waals surface area (Å²) in [7, 11) is -2.19. The van der Waals surface area contributed by atoms with Gasteiger partial charge in [0, 0.05) is 24.9 Å². The lowest BCUT2D eigenvalue weighted by molar-refractivity contribution is -0.137. The number of aliphatic carboxylic acids is 1. The predicted octanol–water partition coefficient (Wildman–Crippen LogP) is 0.901. The molecule has 0 saturated heterocycles. The summed E-state index contributed by atoms with van der Waals surface area (Å²) in [4.78, 5) is 10.5. The third-order valence-electron chi connectivity index (χ3n) is 3.36. The molecule has 2 unspecified atom stereocenters. The van der Waals surface area contributed by atoms with Crippen LogP contribution in [-0.4, -0.2) is 54.9 Å². The summed E-state index contributed by atoms with van der Waals surface area (Å²) in [6.07, 6.45) is 5.84. The Labute approximate surface area is 119 Å². The molecule has 0 bridgehead atoms. The molecule has 0 amide bonds. The van der Waals surface area contributed by atoms with E-state index in [1.807, 2.05) is 6.26 Å². The average molecular weight is 310 g/mol. The molecule has 0 heterocycles. The second-order valence-corrected chi connectivity index (χ2v) is 7.64. The Morgan fingerprint density at radius 3 is 2.63 bits per heavy atom. The van der Waals surface area contributed by atoms with Crippen molar-refractivity contribution in [3.05, 3.63) is 0 Å². The lowest BCUT2D eigenvalue weighted by atomic mass is 9.96. The van der Waals surface area contributed by atoms with E-state index in [2.05, 4.69) is 4.72 Å². The number of hydrogen-bond acceptors (Lipinski definition) is 4. The second kappa shape index (κ2) is 7.47. The van der Waals surface area contributed by atoms with Gasteiger partial charge in [-0.2, -0.15) is 29.2 Å². The zero-order valence-electron chi connectivity index (χ0n) is 11.3. The maximum atomic E-state index is 12.1. The topological polar surface area (TPSA) is 86.7 Å². The van der Waals surface area contributed by atoms with Gasteiger partial charge >= 0.3 is 5.97 Å². The highest BCUT2D eigenvalue weighted by atomic mass is 32.2. The first kappa shape index (κ1) is 16.7. The highest BCUT2D eigenvalue weighted by Crippen LogP contribution is 2.27. The molecule has 0 aromatic rings. The van der Waals surface area contributed by atoms with Gasteiger partial charge in [-0.3, -0.25) is 4.79 Å². The van der Waals surface area contributed by atoms with Crippen LogP contribution < -0.4 is 4.72 Å². The molecule has 1 aliphatic rings. The summed E-state index contributed by atoms with van der Waals surface area (Å²) in [5.74, 6) is -0.998. The van der Waals surface area contributed by atoms with Gasteiger partial charge in [0.15, 0.2) is 0 Å². The van der Waals surface area contributed by atoms with E-state index in [0.29, 0.717) is 5.25 Å². The van der Waals surface area contributed by atoms with Gasteiger partial charge in [0.25, 0.3) is 10.2 Å². The van der Waals surface area contributed by atoms with Gasteiger partial charge in [0.05, 0.1) is 6.42 Å². The maximum Gasteiger partial charge on any atom is 0.304 e. The molecule has 1 rings (SSSR count). The molecule has 1 aliphatic carbocycles. The molecule has 0 spiro atoms. The Morgan fingerprint density at radius 1 is 1.42 bits per heavy atom. The van der Waals surface area contributed by atoms with Gasteiger partial charge in [-0.05, 0) is 19.1 Å². The van der Waals surface area contributed by atoms with E-state index in [-0.39, 0.29) is 19.0 Å². The van der Waals surface area contributed by atoms with E-state index in [4.69, 9.17) is 5.11 Å². The standard InChI is InChI=1S/C11H22N2O4S2/c1-13(8-7-11(14)15)19(16,17)12-9-5-3-4-6-10(9)18-2/h9-10,12H,3-8H2,1-2H3,(H,14,15). The summed E-state index contributed by atoms with van der Waals surface area (Å²) in [6.45, 7) is -0.0126. The summed E-state index contributed by atoms with van der Waals surface area (Å²) in [6, 6.07) is -0.0546. The first-order chi connectivity index (χ1) is 8.86. The van der Waals surface area contributed by atoms with Crippen LogP contribution in [0.25, 0.3) is 0 Å². The van der Waals surface area contributed by atoms with Crippen molar-refractivity contribution in [1.29, 1.82) is 0 Å². The molecule has 0 aliphatic heterocycles. The number of thioether (sulfide) groups is 1. The van der Waals surface area contributed by atoms with Crippen molar-refractivity contribution in [3.63, 3.8) is 0 Å². The SMILES string of the molecule is CSC1CCCCC1NS(=O)(=O)N(C)CCC(=O)O. The molecule has 0 radical (unpaired) electrons. The quantitative estimate of drug-likeness (QED) is 0.729. The smallest absolute Gasteiger partial charge is 0.304 e. The largest absolute Gasteiger partial charge is 0.481 e. The summed E-state index contributed by atoms with van der Waals surface area (Å²) >= 11 is 1.68. The molecule has 8 heteroatoms. The van der Waals surface area contributed by atoms with Crippen molar-refractivity contribution >= 4 is 27.9 Å². The van der Waals surface area contributed by atoms with E-state index >= 15 is 0 Å². The molecule has 2 atom stereocenters. The number of carboxylic acids is 1. The first-order valence-corrected chi connectivity index (χ1v) is 9.08. The van der Waals surface area contributed by atoms with Gasteiger partial charge < -0.3 is 5.11 Å². The van der Waals surface area contributed by atoms with Crippen molar-refractivity contribution < 1.29 is 18.3 Å². The summed E-state index contributed by atoms with van der Waals surface area (Å²) in [5.41, 5.74) is 0. The first-order valence-electron chi connectivity index (χ1n) is 6.35. The molecule has 19 heavy (non-hydrogen) atoms. The molecule has 1 fully saturated rings. The minimum Gasteiger partial charge on any atom is -0.481 e. The third kappa shape index (κ3) is 5.29. The van der Waals surface area contributed by atoms with Crippen LogP contribution >= 0.6 is 11.8 Å². The average Bonchev–Trinajstić information content (AvgIpc) is 2.36. The van der Waals surface area contributed by atoms with Gasteiger partial charge in [0.1, 0.15) is 0 Å². The van der Waals surface area contributed by atoms with Gasteiger partial charge in [-0.15, -0.1) is 0 Å². The van der Waals surface area contributed by atoms with Crippen LogP contribution in [0.4, 0.5) is 0 Å². The van der Waals surface area contributed by atoms with Crippen LogP contribution in [0.15, 0.2) is 0 Å². The minimum absolute atomic E-state index is 0.0126. The Kier molecular flexibility index (Phi) is 6.58. The Balaban J connectivity index is 2.59. The fraction of sp³-hybridized carbons (Fsp3) is 0.909. The maximum absolute atomic E-state index is 12.1. The molecule has 0 aromatic carbocycles. The van der Waals surface area contributed by atoms with Crippen LogP contribution in [0.3, 0.4) is 0 Å². The molecule has 112 valence electrons. The normalized spacial score (nSPS) is 24.6. The van der Waals surface area contributed by atoms with E-state index in [9.17, 15) is 13.2 Å². The van der Waals surface area contributed by atoms with Crippen molar-refractivity contribution in [2.24, 2.45) is 0 Å². The third-order valence-corrected chi connectivity index (χ3v) is 6.13. The van der Waals surface area contributed by atoms with E-state index in [0.717, 1.165) is 30.0 Å². The van der Waals surface area contributed by atoms with E-state index < -0.39 is 16.2 Å². The number of carboxylic acid groups (broad SMARTS) is 1. The van der Waals surface area contributed by atoms with E-state index in [1.165, 1.54) is 7.05 Å². The zero-order chi connectivity index (χ0) is 14.5. The second-order valence-electron chi connectivity index (χ2n) is 4.75. The van der Waals surface area contributed by atoms with Crippen LogP contribution in [0.2, 0.25) is 0 Å². The van der Waals surface area contributed by atoms with Crippen LogP contribution in [0.5, 0.6) is 0 Å². The highest BCUT2D eigenvalue weighted by Gasteiger charge is 2.30. The summed E-state index contributed by atoms with van der Waals surface area (Å²) < 4.78 is 28.0. The molecule has 6 nitrogen and oxygen atoms in total. The number of nitrogens with zero attached hydrogens (tertiary/aromatic N) is 1. The van der Waals surface area contributed by atoms with Crippen LogP contribution in [0.1, 0.15) is 32.1 Å². The highest BCUT2D eigenvalue weighted by molar-refractivity contribution is 7.99. The Bertz CT molecular complexity index is 399. The fourth-order valence-electron chi connectivity index (χ4n) is 2.17. The van der Waals surface area contributed by atoms with Crippen molar-refractivity contribution in [2.45, 2.75) is 43.4 Å². The van der Waals surface area contributed by atoms with Crippen molar-refractivity contribution in [2.75, 3.05) is 19.8 Å². The molecular formula is C11H22N2O4S2. The van der Waals surface area contributed by atoms with Gasteiger partial charge in [-0.1, -0.05) is 12.8 Å². The summed E-state index contributed by atoms with van der Waals surface area (Å²) in [5, 5.41) is 8.89. The zero-order valence-corrected chi connectivity index (χ0v) is 13.0. The van der Waals surface area contributed by atoms with Crippen molar-refractivity contribution in [1.82, 2.24) is 9.03 Å². The molecule has 0 aromatic heterocycles. The molecular weight excluding hydrogens is 288 g/mol. The number of nitrogens with one attached hydrogen (secondary N) is 1. The number of hydrogen-bond donors (Lipinski definition) is 2. The van der Waals surface area contributed by atoms with E-state index in [1.54, 1.807) is 11.8 Å². The fourth-order valence-corrected chi connectivity index (χ4v) is 4.37. The van der Waals surface area contributed by atoms with Crippen molar-refractivity contribution in [3.8, 4) is 0 Å². The van der Waals surface area contributed by atoms with Crippen LogP contribution in [0, 0.1) is 0 Å². The monoisotopic (exact) mass is 310 g/mol. The minimum atomic E-state index is -3.59. The number of carbonyl (C=O) groups is 1. The lowest BCUT2D eigenvalue weighted by Gasteiger charge is -2.32. The Hall–Kier alpha value is -0.310. The molecule has 2 N–H and O–H groups in total.